The zero-order valence-corrected chi connectivity index (χ0v) is 93.4. The average molecular weight is 1890 g/mol. The van der Waals surface area contributed by atoms with Crippen LogP contribution < -0.4 is 44.1 Å². The van der Waals surface area contributed by atoms with Gasteiger partial charge in [-0.1, -0.05) is 146 Å². The van der Waals surface area contributed by atoms with Crippen LogP contribution in [-0.4, -0.2) is 276 Å². The van der Waals surface area contributed by atoms with Gasteiger partial charge >= 0.3 is 0 Å². The Kier molecular flexibility index (Phi) is 44.1. The van der Waals surface area contributed by atoms with E-state index in [0.717, 1.165) is 370 Å². The maximum absolute atomic E-state index is 6.48. The molecule has 0 atom stereocenters. The summed E-state index contributed by atoms with van der Waals surface area (Å²) < 4.78 is 0. The molecule has 0 spiro atoms. The highest BCUT2D eigenvalue weighted by Gasteiger charge is 2.55. The second kappa shape index (κ2) is 51.7. The summed E-state index contributed by atoms with van der Waals surface area (Å²) in [4.78, 5) is 107. The molecule has 0 radical (unpaired) electrons. The number of anilines is 9. The van der Waals surface area contributed by atoms with E-state index in [-0.39, 0.29) is 85.6 Å². The SMILES string of the molecule is CCCCN(CCCC)c1nc(N(CCCC)CCCC)nc(N(CCCCCCN(c2nc(N(CCCC)C3CC(C)(C)N(OC)C(C)(C)C3)nc(N(CCCCCCN(c3nc(N(CCCC)CCCC)nc(N(CCCC)CCCC)n3)C3CC(C)(C)N(OC)C(C)(C)C3)C3CC(C)(C)N(OC)C(C)(C)C3)n2)C2CC(C)(C)N(OC)C(C)(C)C2)C2CC(C)(C)N(OC)C(C)(C)C2)n1. The molecule has 135 heavy (non-hydrogen) atoms. The lowest BCUT2D eigenvalue weighted by molar-refractivity contribution is -0.266. The Morgan fingerprint density at radius 1 is 0.185 bits per heavy atom. The number of hydrogen-bond donors (Lipinski definition) is 0. The number of nitrogens with zero attached hydrogens (tertiary/aromatic N) is 23. The second-order valence-corrected chi connectivity index (χ2v) is 47.5. The molecule has 0 bridgehead atoms. The fourth-order valence-corrected chi connectivity index (χ4v) is 25.3. The van der Waals surface area contributed by atoms with Crippen LogP contribution in [0.25, 0.3) is 0 Å². The van der Waals surface area contributed by atoms with E-state index in [1.165, 1.54) is 0 Å². The Labute approximate surface area is 825 Å². The smallest absolute Gasteiger partial charge is 0.232 e. The number of hydrogen-bond acceptors (Lipinski definition) is 28. The summed E-state index contributed by atoms with van der Waals surface area (Å²) in [5.74, 6) is 7.23. The number of rotatable bonds is 60. The van der Waals surface area contributed by atoms with Crippen molar-refractivity contribution in [1.29, 1.82) is 0 Å². The van der Waals surface area contributed by atoms with Gasteiger partial charge in [-0.3, -0.25) is 0 Å². The maximum Gasteiger partial charge on any atom is 0.232 e. The van der Waals surface area contributed by atoms with Crippen molar-refractivity contribution < 1.29 is 24.2 Å². The van der Waals surface area contributed by atoms with E-state index < -0.39 is 0 Å². The summed E-state index contributed by atoms with van der Waals surface area (Å²) in [7, 11) is 9.27. The zero-order chi connectivity index (χ0) is 99.7. The van der Waals surface area contributed by atoms with Crippen molar-refractivity contribution in [2.45, 2.75) is 518 Å². The van der Waals surface area contributed by atoms with Crippen molar-refractivity contribution in [3.05, 3.63) is 0 Å². The fraction of sp³-hybridized carbons (Fsp3) is 0.916. The van der Waals surface area contributed by atoms with Gasteiger partial charge in [0.1, 0.15) is 0 Å². The lowest BCUT2D eigenvalue weighted by Crippen LogP contribution is -2.64. The van der Waals surface area contributed by atoms with Crippen LogP contribution in [0.5, 0.6) is 0 Å². The molecule has 0 amide bonds. The minimum Gasteiger partial charge on any atom is -0.341 e. The van der Waals surface area contributed by atoms with E-state index in [1.54, 1.807) is 0 Å². The molecule has 3 aromatic rings. The van der Waals surface area contributed by atoms with E-state index in [1.807, 2.05) is 35.5 Å². The van der Waals surface area contributed by atoms with Gasteiger partial charge in [-0.25, -0.2) is 0 Å². The van der Waals surface area contributed by atoms with Crippen molar-refractivity contribution in [1.82, 2.24) is 70.2 Å². The Balaban J connectivity index is 1.27. The van der Waals surface area contributed by atoms with Crippen LogP contribution in [0.1, 0.15) is 432 Å². The number of unbranched alkanes of at least 4 members (excludes halogenated alkanes) is 15. The summed E-state index contributed by atoms with van der Waals surface area (Å²) >= 11 is 0. The molecular weight excluding hydrogens is 1690 g/mol. The summed E-state index contributed by atoms with van der Waals surface area (Å²) in [5.41, 5.74) is -2.98. The molecule has 8 rings (SSSR count). The normalized spacial score (nSPS) is 20.5. The fourth-order valence-electron chi connectivity index (χ4n) is 25.3. The van der Waals surface area contributed by atoms with Gasteiger partial charge in [0.25, 0.3) is 0 Å². The van der Waals surface area contributed by atoms with E-state index in [0.29, 0.717) is 0 Å². The van der Waals surface area contributed by atoms with Gasteiger partial charge in [0.15, 0.2) is 0 Å². The monoisotopic (exact) mass is 1890 g/mol. The second-order valence-electron chi connectivity index (χ2n) is 47.5. The van der Waals surface area contributed by atoms with Gasteiger partial charge in [-0.15, -0.1) is 0 Å². The van der Waals surface area contributed by atoms with Gasteiger partial charge in [-0.05, 0) is 286 Å². The van der Waals surface area contributed by atoms with Crippen LogP contribution in [-0.2, 0) is 24.2 Å². The van der Waals surface area contributed by atoms with Gasteiger partial charge in [-0.2, -0.15) is 70.2 Å². The molecular formula is C107H205N23O5. The van der Waals surface area contributed by atoms with Gasteiger partial charge in [0.2, 0.25) is 53.5 Å². The van der Waals surface area contributed by atoms with Crippen molar-refractivity contribution in [3.63, 3.8) is 0 Å². The van der Waals surface area contributed by atoms with Gasteiger partial charge in [0, 0.05) is 171 Å². The molecule has 5 aliphatic heterocycles. The molecule has 0 N–H and O–H groups in total. The van der Waals surface area contributed by atoms with Crippen molar-refractivity contribution in [2.24, 2.45) is 0 Å². The summed E-state index contributed by atoms with van der Waals surface area (Å²) in [6.07, 6.45) is 36.2. The summed E-state index contributed by atoms with van der Waals surface area (Å²) in [5, 5.41) is 11.3. The maximum atomic E-state index is 6.48. The van der Waals surface area contributed by atoms with E-state index in [4.69, 9.17) is 69.0 Å². The first-order chi connectivity index (χ1) is 63.8. The van der Waals surface area contributed by atoms with E-state index in [2.05, 4.69) is 270 Å². The Morgan fingerprint density at radius 3 is 0.437 bits per heavy atom. The van der Waals surface area contributed by atoms with Gasteiger partial charge < -0.3 is 68.3 Å². The van der Waals surface area contributed by atoms with Crippen LogP contribution in [0.2, 0.25) is 0 Å². The molecule has 778 valence electrons. The third-order valence-electron chi connectivity index (χ3n) is 30.3. The Hall–Kier alpha value is -5.17. The molecule has 5 fully saturated rings. The number of hydroxylamine groups is 10. The molecule has 0 aliphatic carbocycles. The molecule has 5 saturated heterocycles. The third kappa shape index (κ3) is 30.5. The van der Waals surface area contributed by atoms with Crippen LogP contribution in [0.3, 0.4) is 0 Å². The minimum absolute atomic E-state index is 0.0607. The molecule has 3 aromatic heterocycles. The summed E-state index contributed by atoms with van der Waals surface area (Å²) in [6.45, 7) is 79.3. The van der Waals surface area contributed by atoms with Crippen molar-refractivity contribution in [2.75, 3.05) is 165 Å². The van der Waals surface area contributed by atoms with Crippen LogP contribution >= 0.6 is 0 Å². The average Bonchev–Trinajstić information content (AvgIpc) is 0.754. The topological polar surface area (TPSA) is 208 Å². The Morgan fingerprint density at radius 2 is 0.304 bits per heavy atom. The highest BCUT2D eigenvalue weighted by atomic mass is 16.7. The Bertz CT molecular complexity index is 3510. The van der Waals surface area contributed by atoms with Crippen molar-refractivity contribution >= 4 is 53.5 Å². The molecule has 28 nitrogen and oxygen atoms in total. The first kappa shape index (κ1) is 115. The molecule has 5 aliphatic rings. The van der Waals surface area contributed by atoms with E-state index >= 15 is 0 Å². The first-order valence-electron chi connectivity index (χ1n) is 54.6. The predicted octanol–water partition coefficient (Wildman–Crippen LogP) is 23.1. The van der Waals surface area contributed by atoms with Crippen LogP contribution in [0.4, 0.5) is 53.5 Å². The highest BCUT2D eigenvalue weighted by molar-refractivity contribution is 5.52. The number of piperidine rings is 5. The lowest BCUT2D eigenvalue weighted by Gasteiger charge is -2.56. The first-order valence-corrected chi connectivity index (χ1v) is 54.6. The molecule has 0 aromatic carbocycles. The quantitative estimate of drug-likeness (QED) is 0.0481. The molecule has 0 unspecified atom stereocenters. The highest BCUT2D eigenvalue weighted by Crippen LogP contribution is 2.49. The minimum atomic E-state index is -0.334. The molecule has 0 saturated carbocycles. The predicted molar refractivity (Wildman–Crippen MR) is 566 cm³/mol. The lowest BCUT2D eigenvalue weighted by atomic mass is 9.78. The van der Waals surface area contributed by atoms with Gasteiger partial charge in [0.05, 0.1) is 35.5 Å². The number of aromatic nitrogens is 9. The zero-order valence-electron chi connectivity index (χ0n) is 93.4. The molecule has 28 heteroatoms. The van der Waals surface area contributed by atoms with E-state index in [9.17, 15) is 0 Å². The van der Waals surface area contributed by atoms with Crippen LogP contribution in [0.15, 0.2) is 0 Å². The van der Waals surface area contributed by atoms with Crippen molar-refractivity contribution in [3.8, 4) is 0 Å². The van der Waals surface area contributed by atoms with Crippen LogP contribution in [0, 0.1) is 0 Å². The third-order valence-corrected chi connectivity index (χ3v) is 30.3. The molecule has 8 heterocycles. The largest absolute Gasteiger partial charge is 0.341 e. The summed E-state index contributed by atoms with van der Waals surface area (Å²) in [6, 6.07) is 0.522. The standard InChI is InChI=1S/C107H205N23O5/c1-35-44-61-117(62-45-36-2)89-108-90(118(63-46-37-3)64-47-38-4)111-93(110-89)122(85-76-100(14,15)127(132-31)101(16,17)77-85)70-57-53-55-59-72-124(87-80-104(22,23)129(134-33)105(24,25)81-87)96-114-95(121(69-52-43-9)84-74-98(10,11)126(131-30)99(12,13)75-84)115-97(116-96)125(88-82-106(26,27)130(135-34)107(28,29)83-88)73-60-56-54-58-71-123(86-78-102(18,19)128(133-32)103(20,21)79-86)94-112-91(119(65-48-39-5)66-49-40-6)109-92(113-94)120(67-50-41-7)68-51-42-8/h84-88H,35-83H2,1-34H3.